The molecule has 2 fully saturated rings. The van der Waals surface area contributed by atoms with Crippen molar-refractivity contribution in [3.05, 3.63) is 47.0 Å². The number of benzene rings is 1. The fraction of sp³-hybridized carbons (Fsp3) is 0.440. The number of nitrogens with zero attached hydrogens (tertiary/aromatic N) is 5. The highest BCUT2D eigenvalue weighted by atomic mass is 32.1. The van der Waals surface area contributed by atoms with E-state index in [9.17, 15) is 4.79 Å². The monoisotopic (exact) mass is 479 g/mol. The molecule has 2 aliphatic heterocycles. The summed E-state index contributed by atoms with van der Waals surface area (Å²) in [6.07, 6.45) is 2.83. The Morgan fingerprint density at radius 1 is 0.971 bits per heavy atom. The van der Waals surface area contributed by atoms with Gasteiger partial charge in [-0.2, -0.15) is 0 Å². The maximum Gasteiger partial charge on any atom is 0.260 e. The molecule has 1 amide bonds. The number of carbonyl (C=O) groups excluding carboxylic acids is 1. The molecule has 8 nitrogen and oxygen atoms in total. The van der Waals surface area contributed by atoms with E-state index in [0.717, 1.165) is 81.2 Å². The highest BCUT2D eigenvalue weighted by Gasteiger charge is 2.22. The first-order valence-electron chi connectivity index (χ1n) is 12.0. The molecule has 0 unspecified atom stereocenters. The van der Waals surface area contributed by atoms with Gasteiger partial charge in [0, 0.05) is 70.8 Å². The van der Waals surface area contributed by atoms with E-state index in [2.05, 4.69) is 55.9 Å². The minimum absolute atomic E-state index is 0.392. The summed E-state index contributed by atoms with van der Waals surface area (Å²) in [5.74, 6) is -0.496. The molecule has 2 saturated heterocycles. The van der Waals surface area contributed by atoms with Crippen molar-refractivity contribution >= 4 is 44.5 Å². The first-order valence-corrected chi connectivity index (χ1v) is 12.8. The maximum absolute atomic E-state index is 11.8. The van der Waals surface area contributed by atoms with Gasteiger partial charge in [0.1, 0.15) is 9.71 Å². The molecule has 0 aliphatic carbocycles. The van der Waals surface area contributed by atoms with Crippen molar-refractivity contribution in [3.63, 3.8) is 0 Å². The summed E-state index contributed by atoms with van der Waals surface area (Å²) in [4.78, 5) is 27.1. The lowest BCUT2D eigenvalue weighted by Crippen LogP contribution is -2.43. The van der Waals surface area contributed by atoms with E-state index in [1.54, 1.807) is 6.20 Å². The molecule has 9 heteroatoms. The summed E-state index contributed by atoms with van der Waals surface area (Å²) in [7, 11) is 2.19. The normalized spacial score (nSPS) is 18.4. The number of aromatic nitrogens is 1. The molecule has 4 heterocycles. The second-order valence-electron chi connectivity index (χ2n) is 9.29. The number of pyridine rings is 1. The Morgan fingerprint density at radius 2 is 1.68 bits per heavy atom. The van der Waals surface area contributed by atoms with Crippen LogP contribution < -0.4 is 21.3 Å². The van der Waals surface area contributed by atoms with Crippen LogP contribution in [0.2, 0.25) is 0 Å². The maximum atomic E-state index is 11.8. The summed E-state index contributed by atoms with van der Waals surface area (Å²) >= 11 is 1.27. The smallest absolute Gasteiger partial charge is 0.260 e. The number of piperazine rings is 1. The van der Waals surface area contributed by atoms with E-state index < -0.39 is 5.91 Å². The van der Waals surface area contributed by atoms with Crippen LogP contribution in [0.4, 0.5) is 17.1 Å². The molecule has 0 radical (unpaired) electrons. The van der Waals surface area contributed by atoms with Crippen LogP contribution >= 0.6 is 11.3 Å². The van der Waals surface area contributed by atoms with Crippen LogP contribution in [0.3, 0.4) is 0 Å². The number of fused-ring (bicyclic) bond motifs is 1. The van der Waals surface area contributed by atoms with Crippen molar-refractivity contribution in [2.45, 2.75) is 13.0 Å². The van der Waals surface area contributed by atoms with Gasteiger partial charge in [-0.3, -0.25) is 9.69 Å². The van der Waals surface area contributed by atoms with Crippen LogP contribution in [0.25, 0.3) is 10.2 Å². The van der Waals surface area contributed by atoms with Crippen molar-refractivity contribution in [2.75, 3.05) is 74.9 Å². The predicted octanol–water partition coefficient (Wildman–Crippen LogP) is 2.44. The Kier molecular flexibility index (Phi) is 6.58. The summed E-state index contributed by atoms with van der Waals surface area (Å²) < 4.78 is 0. The number of carbonyl (C=O) groups is 1. The van der Waals surface area contributed by atoms with Gasteiger partial charge >= 0.3 is 0 Å². The molecule has 0 atom stereocenters. The predicted molar refractivity (Wildman–Crippen MR) is 141 cm³/mol. The number of amides is 1. The molecular formula is C25H33N7OS. The number of hydrogen-bond donors (Lipinski definition) is 2. The first-order chi connectivity index (χ1) is 16.5. The lowest BCUT2D eigenvalue weighted by Gasteiger charge is -2.32. The molecule has 1 aromatic carbocycles. The quantitative estimate of drug-likeness (QED) is 0.580. The molecule has 34 heavy (non-hydrogen) atoms. The van der Waals surface area contributed by atoms with E-state index in [0.29, 0.717) is 10.6 Å². The van der Waals surface area contributed by atoms with Crippen LogP contribution in [0, 0.1) is 0 Å². The average molecular weight is 480 g/mol. The van der Waals surface area contributed by atoms with Crippen LogP contribution in [0.5, 0.6) is 0 Å². The Morgan fingerprint density at radius 3 is 2.41 bits per heavy atom. The van der Waals surface area contributed by atoms with Crippen molar-refractivity contribution in [3.8, 4) is 0 Å². The van der Waals surface area contributed by atoms with Crippen LogP contribution in [-0.2, 0) is 6.54 Å². The Balaban J connectivity index is 1.27. The standard InChI is InChI=1S/C25H33N7OS/c1-29-11-13-30(14-12-29)17-18-3-5-19(6-4-18)31-9-2-10-32(16-15-31)20-7-8-28-25-21(20)22(26)23(34-25)24(27)33/h3-8H,2,9-17,26H2,1H3,(H2,27,33). The summed E-state index contributed by atoms with van der Waals surface area (Å²) in [5, 5.41) is 0.850. The second kappa shape index (κ2) is 9.77. The number of thiophene rings is 1. The third-order valence-corrected chi connectivity index (χ3v) is 8.10. The lowest BCUT2D eigenvalue weighted by molar-refractivity contribution is 0.100. The number of rotatable bonds is 5. The number of nitrogens with two attached hydrogens (primary N) is 2. The zero-order valence-electron chi connectivity index (χ0n) is 19.7. The molecule has 4 N–H and O–H groups in total. The van der Waals surface area contributed by atoms with Gasteiger partial charge in [-0.15, -0.1) is 11.3 Å². The number of nitrogen functional groups attached to an aromatic ring is 1. The van der Waals surface area contributed by atoms with Gasteiger partial charge in [0.15, 0.2) is 0 Å². The molecule has 2 aromatic heterocycles. The highest BCUT2D eigenvalue weighted by Crippen LogP contribution is 2.38. The summed E-state index contributed by atoms with van der Waals surface area (Å²) in [6.45, 7) is 9.33. The van der Waals surface area contributed by atoms with Gasteiger partial charge in [0.2, 0.25) is 0 Å². The van der Waals surface area contributed by atoms with E-state index >= 15 is 0 Å². The molecule has 3 aromatic rings. The molecular weight excluding hydrogens is 446 g/mol. The van der Waals surface area contributed by atoms with Gasteiger partial charge < -0.3 is 26.2 Å². The zero-order valence-corrected chi connectivity index (χ0v) is 20.6. The minimum Gasteiger partial charge on any atom is -0.397 e. The van der Waals surface area contributed by atoms with E-state index in [4.69, 9.17) is 11.5 Å². The van der Waals surface area contributed by atoms with Crippen molar-refractivity contribution in [1.29, 1.82) is 0 Å². The molecule has 180 valence electrons. The largest absolute Gasteiger partial charge is 0.397 e. The first kappa shape index (κ1) is 22.9. The van der Waals surface area contributed by atoms with E-state index in [-0.39, 0.29) is 0 Å². The number of primary amides is 1. The number of hydrogen-bond acceptors (Lipinski definition) is 8. The highest BCUT2D eigenvalue weighted by molar-refractivity contribution is 7.21. The van der Waals surface area contributed by atoms with Gasteiger partial charge in [-0.25, -0.2) is 4.98 Å². The Bertz CT molecular complexity index is 1150. The number of anilines is 3. The van der Waals surface area contributed by atoms with Crippen molar-refractivity contribution < 1.29 is 4.79 Å². The SMILES string of the molecule is CN1CCN(Cc2ccc(N3CCCN(c4ccnc5sc(C(N)=O)c(N)c45)CC3)cc2)CC1. The summed E-state index contributed by atoms with van der Waals surface area (Å²) in [6, 6.07) is 11.1. The Labute approximate surface area is 204 Å². The zero-order chi connectivity index (χ0) is 23.7. The second-order valence-corrected chi connectivity index (χ2v) is 10.3. The van der Waals surface area contributed by atoms with E-state index in [1.807, 2.05) is 6.07 Å². The molecule has 2 aliphatic rings. The fourth-order valence-corrected chi connectivity index (χ4v) is 5.90. The third kappa shape index (κ3) is 4.68. The van der Waals surface area contributed by atoms with Gasteiger partial charge in [0.05, 0.1) is 16.8 Å². The lowest BCUT2D eigenvalue weighted by atomic mass is 10.1. The van der Waals surface area contributed by atoms with E-state index in [1.165, 1.54) is 22.6 Å². The van der Waals surface area contributed by atoms with Crippen molar-refractivity contribution in [1.82, 2.24) is 14.8 Å². The molecule has 0 saturated carbocycles. The molecule has 5 rings (SSSR count). The third-order valence-electron chi connectivity index (χ3n) is 6.97. The summed E-state index contributed by atoms with van der Waals surface area (Å²) in [5.41, 5.74) is 16.0. The van der Waals surface area contributed by atoms with Crippen LogP contribution in [0.1, 0.15) is 21.7 Å². The van der Waals surface area contributed by atoms with Crippen LogP contribution in [0.15, 0.2) is 36.5 Å². The van der Waals surface area contributed by atoms with Gasteiger partial charge in [-0.1, -0.05) is 12.1 Å². The van der Waals surface area contributed by atoms with Gasteiger partial charge in [0.25, 0.3) is 5.91 Å². The Hall–Kier alpha value is -2.88. The topological polar surface area (TPSA) is 95.0 Å². The molecule has 0 spiro atoms. The fourth-order valence-electron chi connectivity index (χ4n) is 4.97. The number of likely N-dealkylation sites (N-methyl/N-ethyl adjacent to an activating group) is 1. The molecule has 0 bridgehead atoms. The van der Waals surface area contributed by atoms with Gasteiger partial charge in [-0.05, 0) is 37.2 Å². The average Bonchev–Trinajstić information content (AvgIpc) is 3.02. The minimum atomic E-state index is -0.496. The van der Waals surface area contributed by atoms with Crippen LogP contribution in [-0.4, -0.2) is 80.1 Å². The van der Waals surface area contributed by atoms with Crippen molar-refractivity contribution in [2.24, 2.45) is 5.73 Å².